The Bertz CT molecular complexity index is 671. The smallest absolute Gasteiger partial charge is 0.165 e. The second-order valence-electron chi connectivity index (χ2n) is 4.97. The summed E-state index contributed by atoms with van der Waals surface area (Å²) in [5.74, 6) is 0.0879. The van der Waals surface area contributed by atoms with E-state index in [0.29, 0.717) is 29.0 Å². The van der Waals surface area contributed by atoms with Gasteiger partial charge in [-0.1, -0.05) is 6.07 Å². The van der Waals surface area contributed by atoms with Crippen molar-refractivity contribution in [3.8, 4) is 17.2 Å². The van der Waals surface area contributed by atoms with Crippen LogP contribution in [0.2, 0.25) is 0 Å². The van der Waals surface area contributed by atoms with E-state index in [1.165, 1.54) is 12.1 Å². The molecule has 0 saturated heterocycles. The number of phenols is 1. The summed E-state index contributed by atoms with van der Waals surface area (Å²) in [6, 6.07) is 9.29. The van der Waals surface area contributed by atoms with Crippen molar-refractivity contribution in [2.75, 3.05) is 7.11 Å². The summed E-state index contributed by atoms with van der Waals surface area (Å²) in [4.78, 5) is 0. The summed E-state index contributed by atoms with van der Waals surface area (Å²) in [6.45, 7) is 0. The third-order valence-electron chi connectivity index (χ3n) is 3.63. The van der Waals surface area contributed by atoms with E-state index in [1.807, 2.05) is 0 Å². The Labute approximate surface area is 121 Å². The highest BCUT2D eigenvalue weighted by Crippen LogP contribution is 2.42. The summed E-state index contributed by atoms with van der Waals surface area (Å²) < 4.78 is 24.4. The molecular formula is C16H15FO4. The van der Waals surface area contributed by atoms with Crippen LogP contribution in [0.1, 0.15) is 29.8 Å². The van der Waals surface area contributed by atoms with Gasteiger partial charge in [-0.3, -0.25) is 0 Å². The minimum Gasteiger partial charge on any atom is -0.505 e. The maximum atomic E-state index is 13.4. The number of aromatic hydroxyl groups is 1. The minimum absolute atomic E-state index is 0.310. The minimum atomic E-state index is -0.717. The zero-order valence-corrected chi connectivity index (χ0v) is 11.4. The van der Waals surface area contributed by atoms with Crippen LogP contribution >= 0.6 is 0 Å². The van der Waals surface area contributed by atoms with Crippen molar-refractivity contribution in [3.05, 3.63) is 53.3 Å². The average molecular weight is 290 g/mol. The van der Waals surface area contributed by atoms with Crippen molar-refractivity contribution < 1.29 is 24.1 Å². The zero-order valence-electron chi connectivity index (χ0n) is 11.4. The first-order valence-electron chi connectivity index (χ1n) is 6.59. The largest absolute Gasteiger partial charge is 0.505 e. The highest BCUT2D eigenvalue weighted by Gasteiger charge is 2.28. The molecule has 1 heterocycles. The van der Waals surface area contributed by atoms with Gasteiger partial charge in [-0.15, -0.1) is 0 Å². The Kier molecular flexibility index (Phi) is 3.43. The summed E-state index contributed by atoms with van der Waals surface area (Å²) in [6.07, 6.45) is -0.869. The number of fused-ring (bicyclic) bond motifs is 1. The molecule has 2 atom stereocenters. The van der Waals surface area contributed by atoms with Crippen molar-refractivity contribution in [1.29, 1.82) is 0 Å². The van der Waals surface area contributed by atoms with Gasteiger partial charge in [-0.05, 0) is 35.9 Å². The monoisotopic (exact) mass is 290 g/mol. The highest BCUT2D eigenvalue weighted by atomic mass is 19.1. The van der Waals surface area contributed by atoms with Gasteiger partial charge in [0.15, 0.2) is 11.6 Å². The Balaban J connectivity index is 1.92. The van der Waals surface area contributed by atoms with E-state index >= 15 is 0 Å². The molecule has 0 amide bonds. The lowest BCUT2D eigenvalue weighted by Crippen LogP contribution is -2.19. The summed E-state index contributed by atoms with van der Waals surface area (Å²) in [5, 5.41) is 19.5. The van der Waals surface area contributed by atoms with E-state index in [4.69, 9.17) is 9.47 Å². The van der Waals surface area contributed by atoms with Crippen molar-refractivity contribution in [2.45, 2.75) is 18.6 Å². The molecule has 1 unspecified atom stereocenters. The lowest BCUT2D eigenvalue weighted by molar-refractivity contribution is 0.0653. The van der Waals surface area contributed by atoms with Crippen LogP contribution in [0.3, 0.4) is 0 Å². The number of aliphatic hydroxyl groups is 1. The molecule has 1 aliphatic rings. The van der Waals surface area contributed by atoms with Gasteiger partial charge >= 0.3 is 0 Å². The number of halogens is 1. The van der Waals surface area contributed by atoms with Crippen LogP contribution in [0.15, 0.2) is 36.4 Å². The first kappa shape index (κ1) is 13.7. The molecule has 0 aliphatic carbocycles. The molecule has 1 aliphatic heterocycles. The summed E-state index contributed by atoms with van der Waals surface area (Å²) >= 11 is 0. The number of rotatable bonds is 2. The first-order chi connectivity index (χ1) is 10.1. The van der Waals surface area contributed by atoms with Gasteiger partial charge in [0.2, 0.25) is 0 Å². The third-order valence-corrected chi connectivity index (χ3v) is 3.63. The van der Waals surface area contributed by atoms with Gasteiger partial charge in [0.25, 0.3) is 0 Å². The van der Waals surface area contributed by atoms with Crippen LogP contribution in [0.25, 0.3) is 0 Å². The quantitative estimate of drug-likeness (QED) is 0.892. The lowest BCUT2D eigenvalue weighted by Gasteiger charge is -2.30. The van der Waals surface area contributed by atoms with Crippen LogP contribution in [-0.4, -0.2) is 17.3 Å². The van der Waals surface area contributed by atoms with Gasteiger partial charge in [0, 0.05) is 12.0 Å². The maximum absolute atomic E-state index is 13.4. The SMILES string of the molecule is COc1ccc2c(c1)[C@@H](O)CC(c1ccc(O)c(F)c1)O2. The molecule has 2 N–H and O–H groups in total. The second kappa shape index (κ2) is 5.26. The molecule has 2 aromatic rings. The maximum Gasteiger partial charge on any atom is 0.165 e. The molecule has 0 radical (unpaired) electrons. The number of hydrogen-bond donors (Lipinski definition) is 2. The van der Waals surface area contributed by atoms with E-state index in [0.717, 1.165) is 0 Å². The molecular weight excluding hydrogens is 275 g/mol. The van der Waals surface area contributed by atoms with E-state index in [-0.39, 0.29) is 0 Å². The predicted molar refractivity (Wildman–Crippen MR) is 74.0 cm³/mol. The van der Waals surface area contributed by atoms with Gasteiger partial charge in [-0.2, -0.15) is 0 Å². The molecule has 110 valence electrons. The van der Waals surface area contributed by atoms with Crippen molar-refractivity contribution >= 4 is 0 Å². The number of hydrogen-bond acceptors (Lipinski definition) is 4. The molecule has 0 aromatic heterocycles. The highest BCUT2D eigenvalue weighted by molar-refractivity contribution is 5.44. The van der Waals surface area contributed by atoms with E-state index < -0.39 is 23.8 Å². The van der Waals surface area contributed by atoms with E-state index in [9.17, 15) is 14.6 Å². The first-order valence-corrected chi connectivity index (χ1v) is 6.59. The molecule has 5 heteroatoms. The van der Waals surface area contributed by atoms with Gasteiger partial charge < -0.3 is 19.7 Å². The molecule has 0 fully saturated rings. The van der Waals surface area contributed by atoms with Gasteiger partial charge in [-0.25, -0.2) is 4.39 Å². The normalized spacial score (nSPS) is 20.5. The lowest BCUT2D eigenvalue weighted by atomic mass is 9.94. The van der Waals surface area contributed by atoms with Crippen molar-refractivity contribution in [1.82, 2.24) is 0 Å². The standard InChI is InChI=1S/C16H15FO4/c1-20-10-3-5-15-11(7-10)14(19)8-16(21-15)9-2-4-13(18)12(17)6-9/h2-7,14,16,18-19H,8H2,1H3/t14-,16?/m0/s1. The van der Waals surface area contributed by atoms with Crippen LogP contribution in [0.5, 0.6) is 17.2 Å². The number of benzene rings is 2. The number of methoxy groups -OCH3 is 1. The molecule has 0 bridgehead atoms. The predicted octanol–water partition coefficient (Wildman–Crippen LogP) is 3.10. The summed E-state index contributed by atoms with van der Waals surface area (Å²) in [7, 11) is 1.56. The van der Waals surface area contributed by atoms with Gasteiger partial charge in [0.1, 0.15) is 17.6 Å². The number of ether oxygens (including phenoxy) is 2. The van der Waals surface area contributed by atoms with Crippen molar-refractivity contribution in [3.63, 3.8) is 0 Å². The topological polar surface area (TPSA) is 58.9 Å². The fourth-order valence-electron chi connectivity index (χ4n) is 2.48. The van der Waals surface area contributed by atoms with E-state index in [1.54, 1.807) is 31.4 Å². The van der Waals surface area contributed by atoms with Crippen LogP contribution < -0.4 is 9.47 Å². The fraction of sp³-hybridized carbons (Fsp3) is 0.250. The van der Waals surface area contributed by atoms with Gasteiger partial charge in [0.05, 0.1) is 13.2 Å². The fourth-order valence-corrected chi connectivity index (χ4v) is 2.48. The molecule has 0 saturated carbocycles. The van der Waals surface area contributed by atoms with Crippen LogP contribution in [-0.2, 0) is 0 Å². The Hall–Kier alpha value is -2.27. The molecule has 21 heavy (non-hydrogen) atoms. The molecule has 4 nitrogen and oxygen atoms in total. The van der Waals surface area contributed by atoms with Crippen molar-refractivity contribution in [2.24, 2.45) is 0 Å². The van der Waals surface area contributed by atoms with Crippen LogP contribution in [0, 0.1) is 5.82 Å². The number of aliphatic hydroxyl groups excluding tert-OH is 1. The number of phenolic OH excluding ortho intramolecular Hbond substituents is 1. The average Bonchev–Trinajstić information content (AvgIpc) is 2.49. The molecule has 0 spiro atoms. The summed E-state index contributed by atoms with van der Waals surface area (Å²) in [5.41, 5.74) is 1.23. The Morgan fingerprint density at radius 2 is 2.05 bits per heavy atom. The van der Waals surface area contributed by atoms with Crippen LogP contribution in [0.4, 0.5) is 4.39 Å². The third kappa shape index (κ3) is 2.52. The Morgan fingerprint density at radius 3 is 2.76 bits per heavy atom. The van der Waals surface area contributed by atoms with E-state index in [2.05, 4.69) is 0 Å². The molecule has 2 aromatic carbocycles. The molecule has 3 rings (SSSR count). The Morgan fingerprint density at radius 1 is 1.24 bits per heavy atom. The zero-order chi connectivity index (χ0) is 15.0. The second-order valence-corrected chi connectivity index (χ2v) is 4.97.